The van der Waals surface area contributed by atoms with Crippen LogP contribution in [0.3, 0.4) is 0 Å². The fourth-order valence-electron chi connectivity index (χ4n) is 3.43. The van der Waals surface area contributed by atoms with Gasteiger partial charge in [0.05, 0.1) is 28.4 Å². The van der Waals surface area contributed by atoms with Gasteiger partial charge in [0, 0.05) is 29.7 Å². The molecule has 2 aromatic carbocycles. The van der Waals surface area contributed by atoms with Crippen molar-refractivity contribution in [1.82, 2.24) is 0 Å². The monoisotopic (exact) mass is 430 g/mol. The van der Waals surface area contributed by atoms with Crippen LogP contribution < -0.4 is 18.9 Å². The zero-order valence-corrected chi connectivity index (χ0v) is 18.3. The van der Waals surface area contributed by atoms with Crippen molar-refractivity contribution in [3.63, 3.8) is 0 Å². The van der Waals surface area contributed by atoms with Gasteiger partial charge in [0.15, 0.2) is 17.6 Å². The summed E-state index contributed by atoms with van der Waals surface area (Å²) in [6.45, 7) is 3.08. The van der Waals surface area contributed by atoms with E-state index in [4.69, 9.17) is 28.8 Å². The van der Waals surface area contributed by atoms with E-state index in [1.54, 1.807) is 31.2 Å². The summed E-state index contributed by atoms with van der Waals surface area (Å²) >= 11 is 0. The van der Waals surface area contributed by atoms with Gasteiger partial charge in [0.25, 0.3) is 0 Å². The summed E-state index contributed by atoms with van der Waals surface area (Å²) in [6, 6.07) is 7.00. The topological polar surface area (TPSA) is 101 Å². The van der Waals surface area contributed by atoms with E-state index in [9.17, 15) is 9.59 Å². The molecular weight excluding hydrogens is 404 g/mol. The van der Waals surface area contributed by atoms with Crippen molar-refractivity contribution in [3.8, 4) is 23.0 Å². The van der Waals surface area contributed by atoms with Gasteiger partial charge >= 0.3 is 11.9 Å². The second kappa shape index (κ2) is 10.4. The first kappa shape index (κ1) is 23.6. The van der Waals surface area contributed by atoms with Gasteiger partial charge in [-0.05, 0) is 18.6 Å². The summed E-state index contributed by atoms with van der Waals surface area (Å²) in [7, 11) is 5.90. The number of esters is 1. The van der Waals surface area contributed by atoms with Crippen LogP contribution in [-0.2, 0) is 14.3 Å². The highest BCUT2D eigenvalue weighted by atomic mass is 16.6. The lowest BCUT2D eigenvalue weighted by atomic mass is 9.91. The van der Waals surface area contributed by atoms with Crippen molar-refractivity contribution in [2.75, 3.05) is 28.4 Å². The summed E-state index contributed by atoms with van der Waals surface area (Å²) in [5.74, 6) is -0.314. The van der Waals surface area contributed by atoms with Crippen LogP contribution in [0.25, 0.3) is 6.08 Å². The summed E-state index contributed by atoms with van der Waals surface area (Å²) < 4.78 is 27.9. The Hall–Kier alpha value is -3.68. The van der Waals surface area contributed by atoms with Crippen molar-refractivity contribution < 1.29 is 38.4 Å². The van der Waals surface area contributed by atoms with Crippen LogP contribution in [0.4, 0.5) is 0 Å². The average molecular weight is 430 g/mol. The van der Waals surface area contributed by atoms with Gasteiger partial charge in [-0.25, -0.2) is 4.79 Å². The number of carbonyl (C=O) groups is 2. The highest BCUT2D eigenvalue weighted by molar-refractivity contribution is 5.85. The fraction of sp³-hybridized carbons (Fsp3) is 0.304. The summed E-state index contributed by atoms with van der Waals surface area (Å²) in [5.41, 5.74) is 2.22. The maximum absolute atomic E-state index is 12.1. The molecule has 2 aromatic rings. The number of methoxy groups -OCH3 is 4. The minimum atomic E-state index is -1.10. The quantitative estimate of drug-likeness (QED) is 0.474. The fourth-order valence-corrected chi connectivity index (χ4v) is 3.43. The zero-order valence-electron chi connectivity index (χ0n) is 18.3. The number of carboxylic acids is 1. The van der Waals surface area contributed by atoms with E-state index >= 15 is 0 Å². The lowest BCUT2D eigenvalue weighted by Crippen LogP contribution is -2.15. The smallest absolute Gasteiger partial charge is 0.328 e. The molecular formula is C23H26O8. The second-order valence-corrected chi connectivity index (χ2v) is 6.46. The van der Waals surface area contributed by atoms with Crippen molar-refractivity contribution in [2.45, 2.75) is 20.0 Å². The van der Waals surface area contributed by atoms with E-state index < -0.39 is 18.0 Å². The largest absolute Gasteiger partial charge is 0.492 e. The number of benzene rings is 2. The Labute approximate surface area is 180 Å². The van der Waals surface area contributed by atoms with Crippen LogP contribution >= 0.6 is 0 Å². The van der Waals surface area contributed by atoms with E-state index in [-0.39, 0.29) is 5.75 Å². The van der Waals surface area contributed by atoms with Crippen molar-refractivity contribution in [2.24, 2.45) is 0 Å². The maximum atomic E-state index is 12.1. The lowest BCUT2D eigenvalue weighted by Gasteiger charge is -2.27. The second-order valence-electron chi connectivity index (χ2n) is 6.46. The molecule has 31 heavy (non-hydrogen) atoms. The number of aliphatic carboxylic acids is 1. The lowest BCUT2D eigenvalue weighted by molar-refractivity contribution is -0.144. The molecule has 2 rings (SSSR count). The van der Waals surface area contributed by atoms with E-state index in [1.807, 2.05) is 0 Å². The molecule has 0 heterocycles. The number of carboxylic acid groups (broad SMARTS) is 1. The molecule has 1 atom stereocenters. The standard InChI is InChI=1S/C23H26O8/c1-13-18(21(28-4)23(30-6)22(29-5)19(13)27-3)20(31-14(2)24)16-10-8-7-9-15(16)11-12-17(25)26/h7-12,20H,1-6H3,(H,25,26). The third-order valence-corrected chi connectivity index (χ3v) is 4.65. The van der Waals surface area contributed by atoms with Gasteiger partial charge < -0.3 is 28.8 Å². The van der Waals surface area contributed by atoms with Crippen molar-refractivity contribution >= 4 is 18.0 Å². The van der Waals surface area contributed by atoms with E-state index in [0.717, 1.165) is 6.08 Å². The Morgan fingerprint density at radius 1 is 0.903 bits per heavy atom. The molecule has 0 aromatic heterocycles. The van der Waals surface area contributed by atoms with E-state index in [2.05, 4.69) is 0 Å². The maximum Gasteiger partial charge on any atom is 0.328 e. The van der Waals surface area contributed by atoms with Gasteiger partial charge in [-0.3, -0.25) is 4.79 Å². The van der Waals surface area contributed by atoms with Gasteiger partial charge in [-0.2, -0.15) is 0 Å². The Balaban J connectivity index is 2.91. The number of carbonyl (C=O) groups excluding carboxylic acids is 1. The predicted octanol–water partition coefficient (Wildman–Crippen LogP) is 3.78. The molecule has 0 aliphatic carbocycles. The van der Waals surface area contributed by atoms with Crippen molar-refractivity contribution in [1.29, 1.82) is 0 Å². The Morgan fingerprint density at radius 3 is 1.97 bits per heavy atom. The van der Waals surface area contributed by atoms with Crippen LogP contribution in [0, 0.1) is 6.92 Å². The van der Waals surface area contributed by atoms with Gasteiger partial charge in [-0.1, -0.05) is 24.3 Å². The highest BCUT2D eigenvalue weighted by Gasteiger charge is 2.33. The summed E-state index contributed by atoms with van der Waals surface area (Å²) in [4.78, 5) is 23.1. The summed E-state index contributed by atoms with van der Waals surface area (Å²) in [6.07, 6.45) is 1.52. The first-order valence-corrected chi connectivity index (χ1v) is 9.34. The minimum absolute atomic E-state index is 0.276. The summed E-state index contributed by atoms with van der Waals surface area (Å²) in [5, 5.41) is 9.05. The number of hydrogen-bond donors (Lipinski definition) is 1. The van der Waals surface area contributed by atoms with Crippen LogP contribution in [0.1, 0.15) is 35.3 Å². The molecule has 1 N–H and O–H groups in total. The predicted molar refractivity (Wildman–Crippen MR) is 114 cm³/mol. The Morgan fingerprint density at radius 2 is 1.45 bits per heavy atom. The molecule has 0 aliphatic heterocycles. The molecule has 0 aliphatic rings. The first-order valence-electron chi connectivity index (χ1n) is 9.34. The zero-order chi connectivity index (χ0) is 23.1. The first-order chi connectivity index (χ1) is 14.8. The highest BCUT2D eigenvalue weighted by Crippen LogP contribution is 2.52. The van der Waals surface area contributed by atoms with Crippen LogP contribution in [0.5, 0.6) is 23.0 Å². The van der Waals surface area contributed by atoms with Gasteiger partial charge in [0.1, 0.15) is 0 Å². The molecule has 0 amide bonds. The van der Waals surface area contributed by atoms with Crippen molar-refractivity contribution in [3.05, 3.63) is 52.6 Å². The van der Waals surface area contributed by atoms with Crippen LogP contribution in [-0.4, -0.2) is 45.5 Å². The molecule has 0 bridgehead atoms. The SMILES string of the molecule is COc1c(C)c(C(OC(C)=O)c2ccccc2C=CC(=O)O)c(OC)c(OC)c1OC. The molecule has 0 fully saturated rings. The molecule has 8 heteroatoms. The molecule has 1 unspecified atom stereocenters. The Bertz CT molecular complexity index is 994. The average Bonchev–Trinajstić information content (AvgIpc) is 2.75. The van der Waals surface area contributed by atoms with E-state index in [0.29, 0.717) is 39.5 Å². The van der Waals surface area contributed by atoms with Crippen LogP contribution in [0.2, 0.25) is 0 Å². The van der Waals surface area contributed by atoms with Crippen LogP contribution in [0.15, 0.2) is 30.3 Å². The third kappa shape index (κ3) is 4.91. The number of ether oxygens (including phenoxy) is 5. The number of hydrogen-bond acceptors (Lipinski definition) is 7. The van der Waals surface area contributed by atoms with E-state index in [1.165, 1.54) is 41.4 Å². The molecule has 166 valence electrons. The molecule has 0 saturated heterocycles. The number of rotatable bonds is 9. The van der Waals surface area contributed by atoms with Gasteiger partial charge in [-0.15, -0.1) is 0 Å². The molecule has 8 nitrogen and oxygen atoms in total. The third-order valence-electron chi connectivity index (χ3n) is 4.65. The molecule has 0 radical (unpaired) electrons. The Kier molecular flexibility index (Phi) is 7.90. The molecule has 0 spiro atoms. The van der Waals surface area contributed by atoms with Gasteiger partial charge in [0.2, 0.25) is 11.5 Å². The minimum Gasteiger partial charge on any atom is -0.492 e. The normalized spacial score (nSPS) is 11.7. The molecule has 0 saturated carbocycles.